The number of likely N-dealkylation sites (tertiary alicyclic amines) is 1. The lowest BCUT2D eigenvalue weighted by molar-refractivity contribution is -0.131. The molecule has 1 aliphatic heterocycles. The summed E-state index contributed by atoms with van der Waals surface area (Å²) in [5, 5.41) is 3.08. The first-order valence-corrected chi connectivity index (χ1v) is 8.38. The highest BCUT2D eigenvalue weighted by Gasteiger charge is 2.37. The third-order valence-electron chi connectivity index (χ3n) is 4.34. The Hall–Kier alpha value is -0.650. The SMILES string of the molecule is CC(C)OCCN(C)CCNC(=O)C1CCN1CC1CC1. The van der Waals surface area contributed by atoms with E-state index in [9.17, 15) is 4.79 Å². The van der Waals surface area contributed by atoms with Gasteiger partial charge in [-0.25, -0.2) is 0 Å². The number of ether oxygens (including phenoxy) is 1. The summed E-state index contributed by atoms with van der Waals surface area (Å²) in [6.07, 6.45) is 4.02. The van der Waals surface area contributed by atoms with E-state index in [0.29, 0.717) is 0 Å². The lowest BCUT2D eigenvalue weighted by Crippen LogP contribution is -2.57. The monoisotopic (exact) mass is 297 g/mol. The van der Waals surface area contributed by atoms with Crippen LogP contribution in [0, 0.1) is 5.92 Å². The summed E-state index contributed by atoms with van der Waals surface area (Å²) in [7, 11) is 2.07. The van der Waals surface area contributed by atoms with Crippen molar-refractivity contribution in [3.05, 3.63) is 0 Å². The van der Waals surface area contributed by atoms with Crippen LogP contribution in [-0.4, -0.2) is 74.2 Å². The van der Waals surface area contributed by atoms with E-state index in [1.165, 1.54) is 12.8 Å². The summed E-state index contributed by atoms with van der Waals surface area (Å²) in [6, 6.07) is 0.139. The first kappa shape index (κ1) is 16.7. The molecular formula is C16H31N3O2. The van der Waals surface area contributed by atoms with Gasteiger partial charge in [-0.3, -0.25) is 9.69 Å². The van der Waals surface area contributed by atoms with Gasteiger partial charge in [0.15, 0.2) is 0 Å². The number of carbonyl (C=O) groups is 1. The van der Waals surface area contributed by atoms with Crippen LogP contribution in [0.15, 0.2) is 0 Å². The summed E-state index contributed by atoms with van der Waals surface area (Å²) in [5.74, 6) is 1.08. The highest BCUT2D eigenvalue weighted by molar-refractivity contribution is 5.82. The Kier molecular flexibility index (Phi) is 6.45. The fourth-order valence-corrected chi connectivity index (χ4v) is 2.63. The van der Waals surface area contributed by atoms with E-state index in [1.54, 1.807) is 0 Å². The molecule has 1 aliphatic carbocycles. The van der Waals surface area contributed by atoms with Crippen molar-refractivity contribution in [2.75, 3.05) is 46.4 Å². The first-order valence-electron chi connectivity index (χ1n) is 8.38. The molecule has 122 valence electrons. The second kappa shape index (κ2) is 8.11. The van der Waals surface area contributed by atoms with E-state index in [1.807, 2.05) is 13.8 Å². The molecule has 0 aromatic rings. The van der Waals surface area contributed by atoms with Crippen LogP contribution >= 0.6 is 0 Å². The lowest BCUT2D eigenvalue weighted by Gasteiger charge is -2.39. The zero-order chi connectivity index (χ0) is 15.2. The van der Waals surface area contributed by atoms with Gasteiger partial charge in [0, 0.05) is 32.7 Å². The van der Waals surface area contributed by atoms with Crippen LogP contribution in [0.5, 0.6) is 0 Å². The van der Waals surface area contributed by atoms with Crippen molar-refractivity contribution in [1.29, 1.82) is 0 Å². The van der Waals surface area contributed by atoms with E-state index in [-0.39, 0.29) is 18.1 Å². The largest absolute Gasteiger partial charge is 0.377 e. The van der Waals surface area contributed by atoms with E-state index in [0.717, 1.165) is 51.7 Å². The number of amides is 1. The van der Waals surface area contributed by atoms with Crippen LogP contribution in [0.3, 0.4) is 0 Å². The standard InChI is InChI=1S/C16H31N3O2/c1-13(2)21-11-10-18(3)9-7-17-16(20)15-6-8-19(15)12-14-4-5-14/h13-15H,4-12H2,1-3H3,(H,17,20). The molecule has 5 heteroatoms. The molecule has 0 radical (unpaired) electrons. The number of hydrogen-bond donors (Lipinski definition) is 1. The van der Waals surface area contributed by atoms with Gasteiger partial charge in [0.05, 0.1) is 18.8 Å². The molecule has 5 nitrogen and oxygen atoms in total. The number of rotatable bonds is 10. The van der Waals surface area contributed by atoms with Crippen molar-refractivity contribution in [3.8, 4) is 0 Å². The Bertz CT molecular complexity index is 331. The molecule has 1 amide bonds. The maximum atomic E-state index is 12.1. The number of likely N-dealkylation sites (N-methyl/N-ethyl adjacent to an activating group) is 1. The van der Waals surface area contributed by atoms with Crippen LogP contribution in [0.2, 0.25) is 0 Å². The molecule has 1 atom stereocenters. The summed E-state index contributed by atoms with van der Waals surface area (Å²) < 4.78 is 5.53. The second-order valence-corrected chi connectivity index (χ2v) is 6.76. The van der Waals surface area contributed by atoms with Crippen molar-refractivity contribution < 1.29 is 9.53 Å². The van der Waals surface area contributed by atoms with Crippen molar-refractivity contribution in [3.63, 3.8) is 0 Å². The zero-order valence-electron chi connectivity index (χ0n) is 13.8. The minimum Gasteiger partial charge on any atom is -0.377 e. The Balaban J connectivity index is 1.52. The van der Waals surface area contributed by atoms with E-state index >= 15 is 0 Å². The number of carbonyl (C=O) groups excluding carboxylic acids is 1. The predicted molar refractivity (Wildman–Crippen MR) is 84.3 cm³/mol. The van der Waals surface area contributed by atoms with Gasteiger partial charge in [-0.15, -0.1) is 0 Å². The van der Waals surface area contributed by atoms with Gasteiger partial charge < -0.3 is 15.0 Å². The third kappa shape index (κ3) is 5.93. The van der Waals surface area contributed by atoms with Crippen LogP contribution in [0.25, 0.3) is 0 Å². The molecule has 1 saturated heterocycles. The minimum atomic E-state index is 0.139. The number of nitrogens with one attached hydrogen (secondary N) is 1. The molecule has 0 aromatic heterocycles. The van der Waals surface area contributed by atoms with Crippen LogP contribution < -0.4 is 5.32 Å². The first-order chi connectivity index (χ1) is 10.1. The average molecular weight is 297 g/mol. The van der Waals surface area contributed by atoms with Gasteiger partial charge in [-0.1, -0.05) is 0 Å². The van der Waals surface area contributed by atoms with E-state index in [2.05, 4.69) is 22.2 Å². The van der Waals surface area contributed by atoms with Gasteiger partial charge in [-0.05, 0) is 46.1 Å². The third-order valence-corrected chi connectivity index (χ3v) is 4.34. The number of nitrogens with zero attached hydrogens (tertiary/aromatic N) is 2. The fraction of sp³-hybridized carbons (Fsp3) is 0.938. The van der Waals surface area contributed by atoms with Crippen LogP contribution in [0.4, 0.5) is 0 Å². The molecule has 1 N–H and O–H groups in total. The molecule has 2 fully saturated rings. The smallest absolute Gasteiger partial charge is 0.237 e. The molecule has 1 saturated carbocycles. The highest BCUT2D eigenvalue weighted by Crippen LogP contribution is 2.32. The fourth-order valence-electron chi connectivity index (χ4n) is 2.63. The quantitative estimate of drug-likeness (QED) is 0.652. The van der Waals surface area contributed by atoms with Crippen molar-refractivity contribution in [2.24, 2.45) is 5.92 Å². The summed E-state index contributed by atoms with van der Waals surface area (Å²) in [5.41, 5.74) is 0. The van der Waals surface area contributed by atoms with Gasteiger partial charge >= 0.3 is 0 Å². The Morgan fingerprint density at radius 2 is 2.10 bits per heavy atom. The Morgan fingerprint density at radius 3 is 2.67 bits per heavy atom. The average Bonchev–Trinajstić information content (AvgIpc) is 3.18. The predicted octanol–water partition coefficient (Wildman–Crippen LogP) is 0.944. The van der Waals surface area contributed by atoms with Gasteiger partial charge in [0.2, 0.25) is 5.91 Å². The van der Waals surface area contributed by atoms with E-state index < -0.39 is 0 Å². The lowest BCUT2D eigenvalue weighted by atomic mass is 10.0. The summed E-state index contributed by atoms with van der Waals surface area (Å²) in [4.78, 5) is 16.7. The highest BCUT2D eigenvalue weighted by atomic mass is 16.5. The Morgan fingerprint density at radius 1 is 1.33 bits per heavy atom. The van der Waals surface area contributed by atoms with Crippen LogP contribution in [0.1, 0.15) is 33.1 Å². The summed E-state index contributed by atoms with van der Waals surface area (Å²) in [6.45, 7) is 9.59. The zero-order valence-corrected chi connectivity index (χ0v) is 13.8. The maximum Gasteiger partial charge on any atom is 0.237 e. The molecule has 0 spiro atoms. The van der Waals surface area contributed by atoms with Gasteiger partial charge in [0.25, 0.3) is 0 Å². The summed E-state index contributed by atoms with van der Waals surface area (Å²) >= 11 is 0. The molecule has 1 heterocycles. The van der Waals surface area contributed by atoms with Crippen molar-refractivity contribution in [2.45, 2.75) is 45.3 Å². The normalized spacial score (nSPS) is 22.6. The Labute approximate surface area is 129 Å². The maximum absolute atomic E-state index is 12.1. The molecule has 2 rings (SSSR count). The van der Waals surface area contributed by atoms with E-state index in [4.69, 9.17) is 4.74 Å². The topological polar surface area (TPSA) is 44.8 Å². The molecule has 1 unspecified atom stereocenters. The number of hydrogen-bond acceptors (Lipinski definition) is 4. The van der Waals surface area contributed by atoms with Gasteiger partial charge in [0.1, 0.15) is 0 Å². The van der Waals surface area contributed by atoms with Crippen LogP contribution in [-0.2, 0) is 9.53 Å². The molecular weight excluding hydrogens is 266 g/mol. The second-order valence-electron chi connectivity index (χ2n) is 6.76. The van der Waals surface area contributed by atoms with Crippen molar-refractivity contribution in [1.82, 2.24) is 15.1 Å². The molecule has 0 bridgehead atoms. The molecule has 2 aliphatic rings. The van der Waals surface area contributed by atoms with Gasteiger partial charge in [-0.2, -0.15) is 0 Å². The van der Waals surface area contributed by atoms with Crippen molar-refractivity contribution >= 4 is 5.91 Å². The molecule has 21 heavy (non-hydrogen) atoms. The molecule has 0 aromatic carbocycles. The minimum absolute atomic E-state index is 0.139.